The molecule has 4 nitrogen and oxygen atoms in total. The lowest BCUT2D eigenvalue weighted by Crippen LogP contribution is -2.23. The van der Waals surface area contributed by atoms with Gasteiger partial charge in [-0.2, -0.15) is 0 Å². The fourth-order valence-corrected chi connectivity index (χ4v) is 1.55. The van der Waals surface area contributed by atoms with Gasteiger partial charge in [0.1, 0.15) is 0 Å². The molecule has 0 saturated carbocycles. The topological polar surface area (TPSA) is 51.3 Å². The van der Waals surface area contributed by atoms with Crippen molar-refractivity contribution in [1.82, 2.24) is 4.98 Å². The first kappa shape index (κ1) is 12.9. The van der Waals surface area contributed by atoms with Gasteiger partial charge in [0.2, 0.25) is 5.43 Å². The van der Waals surface area contributed by atoms with Gasteiger partial charge in [0, 0.05) is 5.33 Å². The Balaban J connectivity index is 3.20. The number of alkyl halides is 4. The lowest BCUT2D eigenvalue weighted by atomic mass is 10.3. The third kappa shape index (κ3) is 2.91. The maximum absolute atomic E-state index is 11.9. The Hall–Kier alpha value is -1.18. The smallest absolute Gasteiger partial charge is 0.482 e. The highest BCUT2D eigenvalue weighted by Crippen LogP contribution is 2.22. The first-order valence-corrected chi connectivity index (χ1v) is 5.11. The molecule has 0 atom stereocenters. The van der Waals surface area contributed by atoms with Crippen molar-refractivity contribution in [2.45, 2.75) is 11.7 Å². The number of aromatic amines is 1. The molecule has 0 unspecified atom stereocenters. The predicted molar refractivity (Wildman–Crippen MR) is 52.9 cm³/mol. The van der Waals surface area contributed by atoms with Gasteiger partial charge in [0.25, 0.3) is 0 Å². The molecule has 1 rings (SSSR count). The summed E-state index contributed by atoms with van der Waals surface area (Å²) in [6.07, 6.45) is -4.09. The Morgan fingerprint density at radius 3 is 2.56 bits per heavy atom. The maximum Gasteiger partial charge on any atom is 0.573 e. The Bertz CT molecular complexity index is 430. The molecular formula is C8H7BrF3NO3. The molecule has 1 heterocycles. The molecule has 0 aliphatic rings. The van der Waals surface area contributed by atoms with Crippen molar-refractivity contribution in [3.8, 4) is 11.6 Å². The fraction of sp³-hybridized carbons (Fsp3) is 0.375. The minimum atomic E-state index is -4.90. The monoisotopic (exact) mass is 301 g/mol. The molecule has 1 aromatic heterocycles. The number of halogens is 4. The summed E-state index contributed by atoms with van der Waals surface area (Å²) >= 11 is 2.98. The third-order valence-electron chi connectivity index (χ3n) is 1.67. The molecule has 1 aromatic rings. The van der Waals surface area contributed by atoms with Gasteiger partial charge in [-0.05, 0) is 0 Å². The van der Waals surface area contributed by atoms with Gasteiger partial charge in [-0.3, -0.25) is 4.79 Å². The highest BCUT2D eigenvalue weighted by molar-refractivity contribution is 9.08. The van der Waals surface area contributed by atoms with Crippen LogP contribution in [0.3, 0.4) is 0 Å². The average Bonchev–Trinajstić information content (AvgIpc) is 2.19. The van der Waals surface area contributed by atoms with E-state index in [1.165, 1.54) is 7.11 Å². The van der Waals surface area contributed by atoms with Crippen LogP contribution in [0.4, 0.5) is 13.2 Å². The van der Waals surface area contributed by atoms with Crippen LogP contribution in [-0.4, -0.2) is 18.5 Å². The Morgan fingerprint density at radius 1 is 1.50 bits per heavy atom. The van der Waals surface area contributed by atoms with E-state index in [2.05, 4.69) is 25.7 Å². The summed E-state index contributed by atoms with van der Waals surface area (Å²) in [5.74, 6) is -0.723. The van der Waals surface area contributed by atoms with Crippen molar-refractivity contribution in [1.29, 1.82) is 0 Å². The molecule has 0 fully saturated rings. The van der Waals surface area contributed by atoms with Gasteiger partial charge in [-0.15, -0.1) is 13.2 Å². The molecule has 8 heteroatoms. The molecular weight excluding hydrogens is 295 g/mol. The van der Waals surface area contributed by atoms with Crippen molar-refractivity contribution in [3.63, 3.8) is 0 Å². The van der Waals surface area contributed by atoms with Crippen molar-refractivity contribution < 1.29 is 22.6 Å². The first-order valence-electron chi connectivity index (χ1n) is 3.99. The van der Waals surface area contributed by atoms with Gasteiger partial charge in [-0.1, -0.05) is 15.9 Å². The van der Waals surface area contributed by atoms with Gasteiger partial charge in [-0.25, -0.2) is 0 Å². The summed E-state index contributed by atoms with van der Waals surface area (Å²) < 4.78 is 44.1. The second-order valence-corrected chi connectivity index (χ2v) is 3.24. The summed E-state index contributed by atoms with van der Waals surface area (Å²) in [6, 6.07) is 0. The van der Waals surface area contributed by atoms with Crippen LogP contribution in [0.25, 0.3) is 0 Å². The predicted octanol–water partition coefficient (Wildman–Crippen LogP) is 2.18. The van der Waals surface area contributed by atoms with E-state index in [0.717, 1.165) is 6.20 Å². The summed E-state index contributed by atoms with van der Waals surface area (Å²) in [7, 11) is 1.29. The first-order chi connectivity index (χ1) is 7.39. The second kappa shape index (κ2) is 4.77. The van der Waals surface area contributed by atoms with E-state index in [-0.39, 0.29) is 16.8 Å². The summed E-state index contributed by atoms with van der Waals surface area (Å²) in [6.45, 7) is 0. The molecule has 1 N–H and O–H groups in total. The third-order valence-corrected chi connectivity index (χ3v) is 2.23. The Kier molecular flexibility index (Phi) is 3.84. The van der Waals surface area contributed by atoms with Crippen LogP contribution >= 0.6 is 15.9 Å². The van der Waals surface area contributed by atoms with Crippen LogP contribution in [0.15, 0.2) is 11.0 Å². The van der Waals surface area contributed by atoms with E-state index < -0.39 is 17.5 Å². The minimum absolute atomic E-state index is 0.0317. The fourth-order valence-electron chi connectivity index (χ4n) is 1.04. The van der Waals surface area contributed by atoms with Gasteiger partial charge < -0.3 is 14.5 Å². The highest BCUT2D eigenvalue weighted by Gasteiger charge is 2.32. The zero-order valence-electron chi connectivity index (χ0n) is 8.02. The molecule has 0 aliphatic carbocycles. The van der Waals surface area contributed by atoms with E-state index in [4.69, 9.17) is 4.74 Å². The van der Waals surface area contributed by atoms with Crippen molar-refractivity contribution in [2.75, 3.05) is 7.11 Å². The summed E-state index contributed by atoms with van der Waals surface area (Å²) in [4.78, 5) is 13.9. The van der Waals surface area contributed by atoms with Crippen molar-refractivity contribution in [3.05, 3.63) is 22.0 Å². The number of nitrogens with one attached hydrogen (secondary N) is 1. The van der Waals surface area contributed by atoms with E-state index in [9.17, 15) is 18.0 Å². The van der Waals surface area contributed by atoms with Crippen LogP contribution in [0.2, 0.25) is 0 Å². The normalized spacial score (nSPS) is 11.3. The van der Waals surface area contributed by atoms with E-state index in [0.29, 0.717) is 0 Å². The Morgan fingerprint density at radius 2 is 2.12 bits per heavy atom. The molecule has 0 saturated heterocycles. The van der Waals surface area contributed by atoms with Gasteiger partial charge in [0.15, 0.2) is 11.6 Å². The quantitative estimate of drug-likeness (QED) is 0.871. The summed E-state index contributed by atoms with van der Waals surface area (Å²) in [5, 5.41) is 0.0561. The molecule has 0 aromatic carbocycles. The number of hydrogen-bond acceptors (Lipinski definition) is 3. The second-order valence-electron chi connectivity index (χ2n) is 2.68. The van der Waals surface area contributed by atoms with E-state index in [1.807, 2.05) is 0 Å². The van der Waals surface area contributed by atoms with Crippen molar-refractivity contribution >= 4 is 15.9 Å². The molecule has 0 aliphatic heterocycles. The highest BCUT2D eigenvalue weighted by atomic mass is 79.9. The lowest BCUT2D eigenvalue weighted by Gasteiger charge is -2.10. The van der Waals surface area contributed by atoms with Crippen molar-refractivity contribution in [2.24, 2.45) is 0 Å². The molecule has 0 amide bonds. The number of pyridine rings is 1. The van der Waals surface area contributed by atoms with Crippen LogP contribution in [0, 0.1) is 0 Å². The summed E-state index contributed by atoms with van der Waals surface area (Å²) in [5.41, 5.74) is -0.839. The molecule has 90 valence electrons. The molecule has 0 spiro atoms. The zero-order chi connectivity index (χ0) is 12.3. The number of rotatable bonds is 3. The molecule has 0 bridgehead atoms. The van der Waals surface area contributed by atoms with Gasteiger partial charge in [0.05, 0.1) is 18.9 Å². The molecule has 16 heavy (non-hydrogen) atoms. The Labute approximate surface area is 96.5 Å². The van der Waals surface area contributed by atoms with Gasteiger partial charge >= 0.3 is 6.36 Å². The van der Waals surface area contributed by atoms with E-state index in [1.54, 1.807) is 0 Å². The number of hydrogen-bond donors (Lipinski definition) is 1. The van der Waals surface area contributed by atoms with Crippen LogP contribution in [-0.2, 0) is 5.33 Å². The minimum Gasteiger partial charge on any atom is -0.482 e. The number of methoxy groups -OCH3 is 1. The number of H-pyrrole nitrogens is 1. The van der Waals surface area contributed by atoms with Crippen LogP contribution in [0.5, 0.6) is 11.6 Å². The van der Waals surface area contributed by atoms with Crippen LogP contribution in [0.1, 0.15) is 5.56 Å². The largest absolute Gasteiger partial charge is 0.573 e. The zero-order valence-corrected chi connectivity index (χ0v) is 9.61. The van der Waals surface area contributed by atoms with E-state index >= 15 is 0 Å². The number of aromatic nitrogens is 1. The SMILES string of the molecule is COc1[nH]cc(OC(F)(F)F)c(=O)c1CBr. The molecule has 0 radical (unpaired) electrons. The average molecular weight is 302 g/mol. The standard InChI is InChI=1S/C8H7BrF3NO3/c1-15-7-4(2-9)6(14)5(3-13-7)16-8(10,11)12/h3H,2H2,1H3,(H,13,14). The lowest BCUT2D eigenvalue weighted by molar-refractivity contribution is -0.275. The maximum atomic E-state index is 11.9. The van der Waals surface area contributed by atoms with Crippen LogP contribution < -0.4 is 14.9 Å². The number of ether oxygens (including phenoxy) is 2.